The highest BCUT2D eigenvalue weighted by Crippen LogP contribution is 1.82. The molecule has 0 saturated carbocycles. The lowest BCUT2D eigenvalue weighted by Gasteiger charge is -1.74. The van der Waals surface area contributed by atoms with Crippen molar-refractivity contribution >= 4 is 0 Å². The largest absolute Gasteiger partial charge is 0.103 e. The minimum atomic E-state index is 0. The van der Waals surface area contributed by atoms with Crippen molar-refractivity contribution < 1.29 is 0 Å². The molecule has 0 bridgehead atoms. The zero-order valence-electron chi connectivity index (χ0n) is 10.4. The third-order valence-corrected chi connectivity index (χ3v) is 0.577. The Kier molecular flexibility index (Phi) is 142. The highest BCUT2D eigenvalue weighted by molar-refractivity contribution is 4.88. The van der Waals surface area contributed by atoms with Gasteiger partial charge in [0.25, 0.3) is 0 Å². The first-order valence-corrected chi connectivity index (χ1v) is 4.85. The molecular weight excluding hydrogens is 156 g/mol. The van der Waals surface area contributed by atoms with Crippen LogP contribution in [0.25, 0.3) is 0 Å². The van der Waals surface area contributed by atoms with Crippen LogP contribution in [0.3, 0.4) is 0 Å². The molecular formula is C13H32. The fourth-order valence-electron chi connectivity index (χ4n) is 0. The second-order valence-corrected chi connectivity index (χ2v) is 1.77. The van der Waals surface area contributed by atoms with Gasteiger partial charge in [-0.05, 0) is 27.7 Å². The van der Waals surface area contributed by atoms with Crippen molar-refractivity contribution in [1.29, 1.82) is 0 Å². The quantitative estimate of drug-likeness (QED) is 0.418. The van der Waals surface area contributed by atoms with Crippen molar-refractivity contribution in [2.75, 3.05) is 0 Å². The van der Waals surface area contributed by atoms with E-state index in [1.807, 2.05) is 41.5 Å². The molecule has 84 valence electrons. The molecule has 0 radical (unpaired) electrons. The van der Waals surface area contributed by atoms with Gasteiger partial charge in [0.05, 0.1) is 0 Å². The first-order chi connectivity index (χ1) is 5.68. The van der Waals surface area contributed by atoms with Gasteiger partial charge in [-0.3, -0.25) is 0 Å². The minimum absolute atomic E-state index is 0. The van der Waals surface area contributed by atoms with E-state index >= 15 is 0 Å². The summed E-state index contributed by atoms with van der Waals surface area (Å²) in [4.78, 5) is 0. The summed E-state index contributed by atoms with van der Waals surface area (Å²) in [5.41, 5.74) is 1.38. The first-order valence-electron chi connectivity index (χ1n) is 4.85. The van der Waals surface area contributed by atoms with Gasteiger partial charge in [-0.15, -0.1) is 6.58 Å². The van der Waals surface area contributed by atoms with Crippen LogP contribution in [0.15, 0.2) is 24.3 Å². The van der Waals surface area contributed by atoms with E-state index in [0.29, 0.717) is 0 Å². The molecule has 0 aliphatic heterocycles. The van der Waals surface area contributed by atoms with E-state index in [0.717, 1.165) is 0 Å². The van der Waals surface area contributed by atoms with Crippen molar-refractivity contribution in [3.8, 4) is 0 Å². The average Bonchev–Trinajstić information content (AvgIpc) is 2.13. The van der Waals surface area contributed by atoms with Crippen molar-refractivity contribution in [3.05, 3.63) is 24.3 Å². The summed E-state index contributed by atoms with van der Waals surface area (Å²) in [5.74, 6) is 0. The standard InChI is InChI=1S/C5H10.C3H6.2C2H6.CH4/c1-4-5(2)3;1-3-2;2*1-2;/h4H,1-3H3;3H,1H2,2H3;2*1-2H3;1H4. The summed E-state index contributed by atoms with van der Waals surface area (Å²) < 4.78 is 0. The van der Waals surface area contributed by atoms with Crippen molar-refractivity contribution in [1.82, 2.24) is 0 Å². The molecule has 0 rings (SSSR count). The van der Waals surface area contributed by atoms with E-state index in [4.69, 9.17) is 0 Å². The Balaban J connectivity index is -0.0000000235. The van der Waals surface area contributed by atoms with Gasteiger partial charge < -0.3 is 0 Å². The maximum Gasteiger partial charge on any atom is -0.0442 e. The molecule has 0 spiro atoms. The Morgan fingerprint density at radius 2 is 1.00 bits per heavy atom. The Bertz CT molecular complexity index is 64.1. The summed E-state index contributed by atoms with van der Waals surface area (Å²) in [6, 6.07) is 0. The highest BCUT2D eigenvalue weighted by Gasteiger charge is 1.60. The minimum Gasteiger partial charge on any atom is -0.103 e. The number of hydrogen-bond acceptors (Lipinski definition) is 0. The fraction of sp³-hybridized carbons (Fsp3) is 0.692. The molecule has 0 heteroatoms. The van der Waals surface area contributed by atoms with Gasteiger partial charge in [0.2, 0.25) is 0 Å². The number of allylic oxidation sites excluding steroid dienone is 3. The molecule has 13 heavy (non-hydrogen) atoms. The second kappa shape index (κ2) is 62.8. The van der Waals surface area contributed by atoms with E-state index in [9.17, 15) is 0 Å². The summed E-state index contributed by atoms with van der Waals surface area (Å²) in [6.45, 7) is 19.5. The fourth-order valence-corrected chi connectivity index (χ4v) is 0. The third-order valence-electron chi connectivity index (χ3n) is 0.577. The number of hydrogen-bond donors (Lipinski definition) is 0. The van der Waals surface area contributed by atoms with Gasteiger partial charge in [-0.2, -0.15) is 0 Å². The van der Waals surface area contributed by atoms with Gasteiger partial charge in [-0.25, -0.2) is 0 Å². The molecule has 0 atom stereocenters. The molecule has 0 saturated heterocycles. The Labute approximate surface area is 87.8 Å². The van der Waals surface area contributed by atoms with Gasteiger partial charge in [0.1, 0.15) is 0 Å². The smallest absolute Gasteiger partial charge is 0.0442 e. The second-order valence-electron chi connectivity index (χ2n) is 1.77. The van der Waals surface area contributed by atoms with Crippen LogP contribution in [0.4, 0.5) is 0 Å². The molecule has 0 unspecified atom stereocenters. The van der Waals surface area contributed by atoms with Crippen LogP contribution < -0.4 is 0 Å². The van der Waals surface area contributed by atoms with Gasteiger partial charge >= 0.3 is 0 Å². The topological polar surface area (TPSA) is 0 Å². The predicted molar refractivity (Wildman–Crippen MR) is 70.4 cm³/mol. The van der Waals surface area contributed by atoms with Gasteiger partial charge in [0, 0.05) is 0 Å². The van der Waals surface area contributed by atoms with Crippen LogP contribution in [-0.2, 0) is 0 Å². The van der Waals surface area contributed by atoms with E-state index in [1.54, 1.807) is 6.08 Å². The Morgan fingerprint density at radius 3 is 1.00 bits per heavy atom. The molecule has 0 amide bonds. The van der Waals surface area contributed by atoms with E-state index in [1.165, 1.54) is 5.57 Å². The average molecular weight is 188 g/mol. The van der Waals surface area contributed by atoms with Crippen LogP contribution in [0.5, 0.6) is 0 Å². The van der Waals surface area contributed by atoms with Crippen molar-refractivity contribution in [2.24, 2.45) is 0 Å². The third kappa shape index (κ3) is 471. The van der Waals surface area contributed by atoms with Crippen LogP contribution >= 0.6 is 0 Å². The van der Waals surface area contributed by atoms with Crippen LogP contribution in [-0.4, -0.2) is 0 Å². The van der Waals surface area contributed by atoms with Crippen LogP contribution in [0.2, 0.25) is 0 Å². The van der Waals surface area contributed by atoms with Crippen LogP contribution in [0, 0.1) is 0 Å². The lowest BCUT2D eigenvalue weighted by Crippen LogP contribution is -1.52. The molecule has 0 nitrogen and oxygen atoms in total. The SMILES string of the molecule is C.C=CC.CC.CC.CC=C(C)C. The van der Waals surface area contributed by atoms with E-state index < -0.39 is 0 Å². The predicted octanol–water partition coefficient (Wildman–Crippen LogP) is 5.85. The molecule has 0 aromatic heterocycles. The number of rotatable bonds is 0. The van der Waals surface area contributed by atoms with Crippen LogP contribution in [0.1, 0.15) is 62.8 Å². The monoisotopic (exact) mass is 188 g/mol. The normalized spacial score (nSPS) is 4.62. The van der Waals surface area contributed by atoms with E-state index in [2.05, 4.69) is 26.5 Å². The first kappa shape index (κ1) is 29.4. The highest BCUT2D eigenvalue weighted by atomic mass is 13.7. The maximum absolute atomic E-state index is 3.36. The molecule has 0 aliphatic carbocycles. The Morgan fingerprint density at radius 1 is 0.923 bits per heavy atom. The van der Waals surface area contributed by atoms with Crippen molar-refractivity contribution in [2.45, 2.75) is 62.8 Å². The molecule has 0 aromatic carbocycles. The molecule has 0 aliphatic rings. The summed E-state index contributed by atoms with van der Waals surface area (Å²) in [7, 11) is 0. The summed E-state index contributed by atoms with van der Waals surface area (Å²) >= 11 is 0. The van der Waals surface area contributed by atoms with Gasteiger partial charge in [-0.1, -0.05) is 52.8 Å². The lowest BCUT2D eigenvalue weighted by atomic mass is 10.3. The maximum atomic E-state index is 3.36. The zero-order chi connectivity index (χ0) is 11.0. The van der Waals surface area contributed by atoms with Crippen molar-refractivity contribution in [3.63, 3.8) is 0 Å². The van der Waals surface area contributed by atoms with E-state index in [-0.39, 0.29) is 7.43 Å². The summed E-state index contributed by atoms with van der Waals surface area (Å²) in [6.07, 6.45) is 3.83. The molecule has 0 fully saturated rings. The zero-order valence-corrected chi connectivity index (χ0v) is 10.4. The molecule has 0 heterocycles. The summed E-state index contributed by atoms with van der Waals surface area (Å²) in [5, 5.41) is 0. The van der Waals surface area contributed by atoms with Gasteiger partial charge in [0.15, 0.2) is 0 Å². The Hall–Kier alpha value is -0.520. The molecule has 0 aromatic rings. The lowest BCUT2D eigenvalue weighted by molar-refractivity contribution is 1.36. The molecule has 0 N–H and O–H groups in total.